The van der Waals surface area contributed by atoms with E-state index in [1.807, 2.05) is 7.05 Å². The predicted molar refractivity (Wildman–Crippen MR) is 77.8 cm³/mol. The third kappa shape index (κ3) is 3.55. The summed E-state index contributed by atoms with van der Waals surface area (Å²) in [6.45, 7) is 0.859. The minimum absolute atomic E-state index is 0.496. The van der Waals surface area contributed by atoms with Crippen LogP contribution in [0.3, 0.4) is 0 Å². The number of amidine groups is 1. The van der Waals surface area contributed by atoms with Crippen LogP contribution in [0.2, 0.25) is 0 Å². The van der Waals surface area contributed by atoms with Gasteiger partial charge in [-0.2, -0.15) is 0 Å². The lowest BCUT2D eigenvalue weighted by atomic mass is 9.88. The van der Waals surface area contributed by atoms with E-state index in [1.54, 1.807) is 11.3 Å². The summed E-state index contributed by atoms with van der Waals surface area (Å²) in [6.07, 6.45) is 6.35. The lowest BCUT2D eigenvalue weighted by molar-refractivity contribution is 0.382. The van der Waals surface area contributed by atoms with Gasteiger partial charge in [0.2, 0.25) is 0 Å². The fourth-order valence-electron chi connectivity index (χ4n) is 2.48. The molecule has 1 aromatic heterocycles. The fourth-order valence-corrected chi connectivity index (χ4v) is 3.68. The number of halogens is 1. The quantitative estimate of drug-likeness (QED) is 0.645. The Kier molecular flexibility index (Phi) is 4.62. The van der Waals surface area contributed by atoms with Gasteiger partial charge >= 0.3 is 0 Å². The molecule has 17 heavy (non-hydrogen) atoms. The maximum atomic E-state index is 8.26. The summed E-state index contributed by atoms with van der Waals surface area (Å²) in [7, 11) is 2.04. The van der Waals surface area contributed by atoms with Crippen molar-refractivity contribution in [3.05, 3.63) is 20.8 Å². The smallest absolute Gasteiger partial charge is 0.0989 e. The van der Waals surface area contributed by atoms with Gasteiger partial charge in [-0.3, -0.25) is 5.41 Å². The molecule has 1 fully saturated rings. The Bertz CT molecular complexity index is 383. The minimum atomic E-state index is 0.496. The number of hydrogen-bond acceptors (Lipinski definition) is 2. The Morgan fingerprint density at radius 3 is 2.76 bits per heavy atom. The molecule has 1 aliphatic carbocycles. The van der Waals surface area contributed by atoms with E-state index in [0.29, 0.717) is 5.92 Å². The number of thiophene rings is 1. The Hall–Kier alpha value is -0.350. The molecule has 2 nitrogen and oxygen atoms in total. The molecule has 0 saturated heterocycles. The molecule has 94 valence electrons. The largest absolute Gasteiger partial charge is 0.359 e. The Morgan fingerprint density at radius 2 is 2.18 bits per heavy atom. The van der Waals surface area contributed by atoms with E-state index in [0.717, 1.165) is 12.4 Å². The van der Waals surface area contributed by atoms with Crippen LogP contribution in [0.4, 0.5) is 0 Å². The first-order valence-electron chi connectivity index (χ1n) is 6.19. The predicted octanol–water partition coefficient (Wildman–Crippen LogP) is 4.50. The van der Waals surface area contributed by atoms with Gasteiger partial charge in [0.25, 0.3) is 0 Å². The SMILES string of the molecule is CN(Cc1csc(Br)c1)C(=N)C1CCCCC1. The van der Waals surface area contributed by atoms with Crippen molar-refractivity contribution in [3.8, 4) is 0 Å². The summed E-state index contributed by atoms with van der Waals surface area (Å²) in [4.78, 5) is 2.10. The van der Waals surface area contributed by atoms with Crippen LogP contribution in [0, 0.1) is 11.3 Å². The van der Waals surface area contributed by atoms with Crippen LogP contribution in [0.25, 0.3) is 0 Å². The number of nitrogens with zero attached hydrogens (tertiary/aromatic N) is 1. The summed E-state index contributed by atoms with van der Waals surface area (Å²) in [6, 6.07) is 2.15. The number of rotatable bonds is 3. The number of hydrogen-bond donors (Lipinski definition) is 1. The van der Waals surface area contributed by atoms with Gasteiger partial charge in [-0.25, -0.2) is 0 Å². The van der Waals surface area contributed by atoms with Crippen molar-refractivity contribution in [1.29, 1.82) is 5.41 Å². The molecule has 0 spiro atoms. The van der Waals surface area contributed by atoms with Crippen LogP contribution in [0.1, 0.15) is 37.7 Å². The van der Waals surface area contributed by atoms with Crippen LogP contribution in [-0.4, -0.2) is 17.8 Å². The zero-order valence-corrected chi connectivity index (χ0v) is 12.6. The van der Waals surface area contributed by atoms with Gasteiger partial charge in [-0.05, 0) is 45.8 Å². The highest BCUT2D eigenvalue weighted by molar-refractivity contribution is 9.11. The van der Waals surface area contributed by atoms with Crippen LogP contribution >= 0.6 is 27.3 Å². The molecule has 0 radical (unpaired) electrons. The Labute approximate surface area is 116 Å². The molecule has 1 N–H and O–H groups in total. The maximum Gasteiger partial charge on any atom is 0.0989 e. The summed E-state index contributed by atoms with van der Waals surface area (Å²) in [5.41, 5.74) is 1.30. The zero-order chi connectivity index (χ0) is 12.3. The summed E-state index contributed by atoms with van der Waals surface area (Å²) in [5, 5.41) is 10.4. The molecule has 4 heteroatoms. The van der Waals surface area contributed by atoms with E-state index in [2.05, 4.69) is 32.3 Å². The van der Waals surface area contributed by atoms with Crippen molar-refractivity contribution in [3.63, 3.8) is 0 Å². The van der Waals surface area contributed by atoms with Gasteiger partial charge in [-0.15, -0.1) is 11.3 Å². The lowest BCUT2D eigenvalue weighted by Crippen LogP contribution is -2.32. The van der Waals surface area contributed by atoms with Gasteiger partial charge in [0.15, 0.2) is 0 Å². The molecule has 0 atom stereocenters. The second-order valence-corrected chi connectivity index (χ2v) is 7.13. The molecule has 0 unspecified atom stereocenters. The van der Waals surface area contributed by atoms with Gasteiger partial charge in [-0.1, -0.05) is 19.3 Å². The second-order valence-electron chi connectivity index (χ2n) is 4.84. The monoisotopic (exact) mass is 314 g/mol. The maximum absolute atomic E-state index is 8.26. The van der Waals surface area contributed by atoms with Crippen LogP contribution < -0.4 is 0 Å². The van der Waals surface area contributed by atoms with Crippen molar-refractivity contribution in [2.45, 2.75) is 38.6 Å². The average molecular weight is 315 g/mol. The minimum Gasteiger partial charge on any atom is -0.359 e. The molecule has 0 bridgehead atoms. The fraction of sp³-hybridized carbons (Fsp3) is 0.615. The van der Waals surface area contributed by atoms with E-state index in [4.69, 9.17) is 5.41 Å². The van der Waals surface area contributed by atoms with Crippen molar-refractivity contribution in [2.75, 3.05) is 7.05 Å². The molecule has 1 aromatic rings. The van der Waals surface area contributed by atoms with Crippen molar-refractivity contribution in [1.82, 2.24) is 4.90 Å². The lowest BCUT2D eigenvalue weighted by Gasteiger charge is -2.29. The van der Waals surface area contributed by atoms with E-state index >= 15 is 0 Å². The van der Waals surface area contributed by atoms with E-state index in [1.165, 1.54) is 41.5 Å². The van der Waals surface area contributed by atoms with E-state index in [-0.39, 0.29) is 0 Å². The zero-order valence-electron chi connectivity index (χ0n) is 10.2. The number of nitrogens with one attached hydrogen (secondary N) is 1. The highest BCUT2D eigenvalue weighted by Crippen LogP contribution is 2.26. The van der Waals surface area contributed by atoms with Crippen LogP contribution in [0.15, 0.2) is 15.2 Å². The molecule has 1 heterocycles. The molecule has 1 saturated carbocycles. The average Bonchev–Trinajstić information content (AvgIpc) is 2.75. The Morgan fingerprint density at radius 1 is 1.47 bits per heavy atom. The molecule has 0 amide bonds. The highest BCUT2D eigenvalue weighted by atomic mass is 79.9. The topological polar surface area (TPSA) is 27.1 Å². The molecular weight excluding hydrogens is 296 g/mol. The molecule has 1 aliphatic rings. The van der Waals surface area contributed by atoms with Gasteiger partial charge in [0.05, 0.1) is 9.62 Å². The first-order chi connectivity index (χ1) is 8.16. The third-order valence-corrected chi connectivity index (χ3v) is 5.00. The van der Waals surface area contributed by atoms with Gasteiger partial charge < -0.3 is 4.90 Å². The van der Waals surface area contributed by atoms with Crippen LogP contribution in [-0.2, 0) is 6.54 Å². The van der Waals surface area contributed by atoms with Gasteiger partial charge in [0.1, 0.15) is 0 Å². The first-order valence-corrected chi connectivity index (χ1v) is 7.86. The highest BCUT2D eigenvalue weighted by Gasteiger charge is 2.20. The Balaban J connectivity index is 1.90. The first kappa shape index (κ1) is 13.1. The molecule has 0 aromatic carbocycles. The molecule has 0 aliphatic heterocycles. The van der Waals surface area contributed by atoms with Crippen molar-refractivity contribution >= 4 is 33.1 Å². The van der Waals surface area contributed by atoms with Crippen molar-refractivity contribution in [2.24, 2.45) is 5.92 Å². The third-order valence-electron chi connectivity index (χ3n) is 3.44. The summed E-state index contributed by atoms with van der Waals surface area (Å²) in [5.74, 6) is 1.32. The molecular formula is C13H19BrN2S. The molecule has 2 rings (SSSR count). The summed E-state index contributed by atoms with van der Waals surface area (Å²) >= 11 is 5.20. The van der Waals surface area contributed by atoms with Gasteiger partial charge in [0, 0.05) is 19.5 Å². The van der Waals surface area contributed by atoms with Crippen LogP contribution in [0.5, 0.6) is 0 Å². The van der Waals surface area contributed by atoms with E-state index < -0.39 is 0 Å². The van der Waals surface area contributed by atoms with Crippen molar-refractivity contribution < 1.29 is 0 Å². The van der Waals surface area contributed by atoms with E-state index in [9.17, 15) is 0 Å². The standard InChI is InChI=1S/C13H19BrN2S/c1-16(8-10-7-12(14)17-9-10)13(15)11-5-3-2-4-6-11/h7,9,11,15H,2-6,8H2,1H3. The normalized spacial score (nSPS) is 17.1. The second kappa shape index (κ2) is 6.01. The summed E-state index contributed by atoms with van der Waals surface area (Å²) < 4.78 is 1.17.